The van der Waals surface area contributed by atoms with Crippen LogP contribution in [0, 0.1) is 5.41 Å². The first kappa shape index (κ1) is 11.5. The highest BCUT2D eigenvalue weighted by molar-refractivity contribution is 5.76. The number of unbranched alkanes of at least 4 members (excludes halogenated alkanes) is 2. The highest BCUT2D eigenvalue weighted by Crippen LogP contribution is 2.27. The van der Waals surface area contributed by atoms with E-state index in [1.165, 1.54) is 38.6 Å². The standard InChI is InChI=1S/C11H23N3/c1-2-3-4-8-14(10-5-6-10)9-7-11(12)13/h10H,2-9H2,1H3,(H3,12,13). The number of amidine groups is 1. The molecule has 82 valence electrons. The minimum Gasteiger partial charge on any atom is -0.388 e. The molecule has 0 heterocycles. The molecular weight excluding hydrogens is 174 g/mol. The maximum Gasteiger partial charge on any atom is 0.0918 e. The summed E-state index contributed by atoms with van der Waals surface area (Å²) in [7, 11) is 0. The van der Waals surface area contributed by atoms with E-state index in [2.05, 4.69) is 11.8 Å². The molecule has 0 aliphatic heterocycles. The van der Waals surface area contributed by atoms with Gasteiger partial charge in [-0.05, 0) is 25.8 Å². The number of nitrogens with one attached hydrogen (secondary N) is 1. The first-order chi connectivity index (χ1) is 6.74. The first-order valence-corrected chi connectivity index (χ1v) is 5.81. The third-order valence-corrected chi connectivity index (χ3v) is 2.78. The molecule has 3 heteroatoms. The molecule has 3 N–H and O–H groups in total. The van der Waals surface area contributed by atoms with Crippen LogP contribution in [0.5, 0.6) is 0 Å². The van der Waals surface area contributed by atoms with Crippen LogP contribution in [-0.2, 0) is 0 Å². The van der Waals surface area contributed by atoms with Crippen LogP contribution in [0.15, 0.2) is 0 Å². The first-order valence-electron chi connectivity index (χ1n) is 5.81. The van der Waals surface area contributed by atoms with Crippen LogP contribution in [0.25, 0.3) is 0 Å². The Labute approximate surface area is 87.2 Å². The SMILES string of the molecule is CCCCCN(CCC(=N)N)C1CC1. The summed E-state index contributed by atoms with van der Waals surface area (Å²) in [6.07, 6.45) is 7.34. The van der Waals surface area contributed by atoms with Gasteiger partial charge >= 0.3 is 0 Å². The quantitative estimate of drug-likeness (QED) is 0.355. The summed E-state index contributed by atoms with van der Waals surface area (Å²) in [5, 5.41) is 7.21. The van der Waals surface area contributed by atoms with E-state index in [4.69, 9.17) is 11.1 Å². The molecule has 0 aromatic heterocycles. The Morgan fingerprint density at radius 1 is 1.36 bits per heavy atom. The normalized spacial score (nSPS) is 16.1. The Morgan fingerprint density at radius 2 is 2.07 bits per heavy atom. The summed E-state index contributed by atoms with van der Waals surface area (Å²) in [4.78, 5) is 2.51. The maximum atomic E-state index is 7.21. The lowest BCUT2D eigenvalue weighted by Gasteiger charge is -2.21. The summed E-state index contributed by atoms with van der Waals surface area (Å²) in [5.41, 5.74) is 5.37. The third-order valence-electron chi connectivity index (χ3n) is 2.78. The minimum atomic E-state index is 0.325. The second-order valence-corrected chi connectivity index (χ2v) is 4.25. The molecule has 1 saturated carbocycles. The lowest BCUT2D eigenvalue weighted by atomic mass is 10.2. The largest absolute Gasteiger partial charge is 0.388 e. The monoisotopic (exact) mass is 197 g/mol. The molecule has 0 spiro atoms. The van der Waals surface area contributed by atoms with Crippen LogP contribution in [0.3, 0.4) is 0 Å². The van der Waals surface area contributed by atoms with Crippen molar-refractivity contribution in [2.75, 3.05) is 13.1 Å². The number of nitrogens with two attached hydrogens (primary N) is 1. The van der Waals surface area contributed by atoms with Crippen molar-refractivity contribution < 1.29 is 0 Å². The highest BCUT2D eigenvalue weighted by atomic mass is 15.2. The predicted octanol–water partition coefficient (Wildman–Crippen LogP) is 1.97. The molecule has 0 radical (unpaired) electrons. The lowest BCUT2D eigenvalue weighted by molar-refractivity contribution is 0.264. The van der Waals surface area contributed by atoms with Crippen LogP contribution in [-0.4, -0.2) is 29.9 Å². The van der Waals surface area contributed by atoms with Crippen LogP contribution >= 0.6 is 0 Å². The van der Waals surface area contributed by atoms with E-state index < -0.39 is 0 Å². The van der Waals surface area contributed by atoms with Crippen molar-refractivity contribution in [1.82, 2.24) is 4.90 Å². The zero-order valence-corrected chi connectivity index (χ0v) is 9.26. The minimum absolute atomic E-state index is 0.325. The van der Waals surface area contributed by atoms with Gasteiger partial charge in [-0.25, -0.2) is 0 Å². The number of hydrogen-bond donors (Lipinski definition) is 2. The molecule has 1 aliphatic carbocycles. The zero-order chi connectivity index (χ0) is 10.4. The van der Waals surface area contributed by atoms with Gasteiger partial charge in [-0.2, -0.15) is 0 Å². The van der Waals surface area contributed by atoms with E-state index in [0.29, 0.717) is 5.84 Å². The fourth-order valence-corrected chi connectivity index (χ4v) is 1.75. The van der Waals surface area contributed by atoms with Crippen molar-refractivity contribution >= 4 is 5.84 Å². The van der Waals surface area contributed by atoms with Gasteiger partial charge in [0.05, 0.1) is 5.84 Å². The lowest BCUT2D eigenvalue weighted by Crippen LogP contribution is -2.30. The Kier molecular flexibility index (Phi) is 4.94. The van der Waals surface area contributed by atoms with Crippen molar-refractivity contribution in [2.45, 2.75) is 51.5 Å². The molecular formula is C11H23N3. The van der Waals surface area contributed by atoms with Crippen molar-refractivity contribution in [3.63, 3.8) is 0 Å². The molecule has 14 heavy (non-hydrogen) atoms. The number of hydrogen-bond acceptors (Lipinski definition) is 2. The molecule has 0 atom stereocenters. The molecule has 3 nitrogen and oxygen atoms in total. The molecule has 0 saturated heterocycles. The van der Waals surface area contributed by atoms with Crippen molar-refractivity contribution in [2.24, 2.45) is 5.73 Å². The average Bonchev–Trinajstić information content (AvgIpc) is 2.94. The fraction of sp³-hybridized carbons (Fsp3) is 0.909. The van der Waals surface area contributed by atoms with E-state index >= 15 is 0 Å². The summed E-state index contributed by atoms with van der Waals surface area (Å²) in [6, 6.07) is 0.811. The second kappa shape index (κ2) is 6.02. The average molecular weight is 197 g/mol. The molecule has 0 amide bonds. The Bertz CT molecular complexity index is 175. The van der Waals surface area contributed by atoms with E-state index in [1.54, 1.807) is 0 Å². The van der Waals surface area contributed by atoms with E-state index in [1.807, 2.05) is 0 Å². The van der Waals surface area contributed by atoms with E-state index in [0.717, 1.165) is 19.0 Å². The third kappa shape index (κ3) is 4.61. The van der Waals surface area contributed by atoms with Gasteiger partial charge in [-0.3, -0.25) is 10.3 Å². The van der Waals surface area contributed by atoms with Crippen LogP contribution in [0.4, 0.5) is 0 Å². The predicted molar refractivity (Wildman–Crippen MR) is 60.7 cm³/mol. The Balaban J connectivity index is 2.14. The van der Waals surface area contributed by atoms with Crippen molar-refractivity contribution in [1.29, 1.82) is 5.41 Å². The van der Waals surface area contributed by atoms with Gasteiger partial charge in [-0.15, -0.1) is 0 Å². The number of rotatable bonds is 8. The summed E-state index contributed by atoms with van der Waals surface area (Å²) < 4.78 is 0. The number of nitrogens with zero attached hydrogens (tertiary/aromatic N) is 1. The van der Waals surface area contributed by atoms with Crippen molar-refractivity contribution in [3.8, 4) is 0 Å². The molecule has 0 unspecified atom stereocenters. The van der Waals surface area contributed by atoms with E-state index in [9.17, 15) is 0 Å². The molecule has 1 rings (SSSR count). The zero-order valence-electron chi connectivity index (χ0n) is 9.26. The topological polar surface area (TPSA) is 53.1 Å². The van der Waals surface area contributed by atoms with Gasteiger partial charge in [0.1, 0.15) is 0 Å². The van der Waals surface area contributed by atoms with E-state index in [-0.39, 0.29) is 0 Å². The Hall–Kier alpha value is -0.570. The molecule has 0 aromatic carbocycles. The maximum absolute atomic E-state index is 7.21. The fourth-order valence-electron chi connectivity index (χ4n) is 1.75. The molecule has 1 fully saturated rings. The van der Waals surface area contributed by atoms with Crippen LogP contribution in [0.1, 0.15) is 45.4 Å². The smallest absolute Gasteiger partial charge is 0.0918 e. The van der Waals surface area contributed by atoms with Gasteiger partial charge in [-0.1, -0.05) is 19.8 Å². The summed E-state index contributed by atoms with van der Waals surface area (Å²) >= 11 is 0. The van der Waals surface area contributed by atoms with Crippen LogP contribution in [0.2, 0.25) is 0 Å². The van der Waals surface area contributed by atoms with Gasteiger partial charge < -0.3 is 5.73 Å². The van der Waals surface area contributed by atoms with Crippen molar-refractivity contribution in [3.05, 3.63) is 0 Å². The van der Waals surface area contributed by atoms with Gasteiger partial charge in [0.15, 0.2) is 0 Å². The Morgan fingerprint density at radius 3 is 2.57 bits per heavy atom. The highest BCUT2D eigenvalue weighted by Gasteiger charge is 2.27. The molecule has 0 bridgehead atoms. The summed E-state index contributed by atoms with van der Waals surface area (Å²) in [5.74, 6) is 0.325. The summed E-state index contributed by atoms with van der Waals surface area (Å²) in [6.45, 7) is 4.42. The second-order valence-electron chi connectivity index (χ2n) is 4.25. The van der Waals surface area contributed by atoms with Crippen LogP contribution < -0.4 is 5.73 Å². The molecule has 0 aromatic rings. The van der Waals surface area contributed by atoms with Gasteiger partial charge in [0.25, 0.3) is 0 Å². The van der Waals surface area contributed by atoms with Gasteiger partial charge in [0.2, 0.25) is 0 Å². The molecule has 1 aliphatic rings. The van der Waals surface area contributed by atoms with Gasteiger partial charge in [0, 0.05) is 19.0 Å².